The minimum absolute atomic E-state index is 0.0474. The molecule has 1 aromatic carbocycles. The highest BCUT2D eigenvalue weighted by atomic mass is 32.1. The molecule has 0 radical (unpaired) electrons. The van der Waals surface area contributed by atoms with E-state index in [0.29, 0.717) is 19.7 Å². The van der Waals surface area contributed by atoms with E-state index in [1.807, 2.05) is 56.0 Å². The van der Waals surface area contributed by atoms with Crippen molar-refractivity contribution in [3.63, 3.8) is 0 Å². The van der Waals surface area contributed by atoms with Crippen LogP contribution in [0.3, 0.4) is 0 Å². The van der Waals surface area contributed by atoms with Crippen molar-refractivity contribution in [2.75, 3.05) is 26.2 Å². The highest BCUT2D eigenvalue weighted by molar-refractivity contribution is 7.10. The molecule has 7 heteroatoms. The van der Waals surface area contributed by atoms with Gasteiger partial charge >= 0.3 is 6.03 Å². The van der Waals surface area contributed by atoms with Gasteiger partial charge in [0.15, 0.2) is 0 Å². The summed E-state index contributed by atoms with van der Waals surface area (Å²) in [7, 11) is 0. The number of carbonyl (C=O) groups is 2. The fraction of sp³-hybridized carbons (Fsp3) is 0.478. The number of fused-ring (bicyclic) bond motifs is 1. The van der Waals surface area contributed by atoms with Gasteiger partial charge in [-0.2, -0.15) is 0 Å². The van der Waals surface area contributed by atoms with E-state index < -0.39 is 0 Å². The molecule has 1 aromatic heterocycles. The first-order valence-electron chi connectivity index (χ1n) is 10.6. The number of nitrogens with zero attached hydrogens (tertiary/aromatic N) is 2. The normalized spacial score (nSPS) is 15.6. The van der Waals surface area contributed by atoms with Crippen LogP contribution in [0, 0.1) is 0 Å². The molecule has 6 nitrogen and oxygen atoms in total. The molecule has 0 saturated heterocycles. The average molecular weight is 430 g/mol. The number of carbonyl (C=O) groups excluding carboxylic acids is 2. The molecule has 1 N–H and O–H groups in total. The maximum Gasteiger partial charge on any atom is 0.318 e. The Morgan fingerprint density at radius 1 is 1.27 bits per heavy atom. The van der Waals surface area contributed by atoms with Gasteiger partial charge in [0.1, 0.15) is 18.9 Å². The number of urea groups is 1. The van der Waals surface area contributed by atoms with Gasteiger partial charge in [0.2, 0.25) is 5.91 Å². The summed E-state index contributed by atoms with van der Waals surface area (Å²) in [4.78, 5) is 30.6. The Morgan fingerprint density at radius 2 is 2.03 bits per heavy atom. The van der Waals surface area contributed by atoms with E-state index in [-0.39, 0.29) is 30.6 Å². The molecule has 30 heavy (non-hydrogen) atoms. The molecule has 1 aliphatic heterocycles. The number of para-hydroxylation sites is 1. The van der Waals surface area contributed by atoms with Crippen LogP contribution in [0.2, 0.25) is 0 Å². The molecule has 1 unspecified atom stereocenters. The van der Waals surface area contributed by atoms with Crippen LogP contribution in [0.15, 0.2) is 41.8 Å². The highest BCUT2D eigenvalue weighted by Gasteiger charge is 2.33. The van der Waals surface area contributed by atoms with Gasteiger partial charge in [0, 0.05) is 24.0 Å². The molecule has 0 aliphatic carbocycles. The van der Waals surface area contributed by atoms with Crippen LogP contribution < -0.4 is 10.1 Å². The standard InChI is InChI=1S/C23H31N3O3S/c1-4-12-24-23(28)26(17(2)3)15-22(27)25-13-10-21-19(11-14-30-21)20(25)16-29-18-8-6-5-7-9-18/h5-9,11,14,17,20H,4,10,12-13,15-16H2,1-3H3,(H,24,28). The summed E-state index contributed by atoms with van der Waals surface area (Å²) in [6.45, 7) is 7.57. The molecule has 3 amide bonds. The summed E-state index contributed by atoms with van der Waals surface area (Å²) in [6.07, 6.45) is 1.70. The van der Waals surface area contributed by atoms with Crippen molar-refractivity contribution in [3.05, 3.63) is 52.2 Å². The topological polar surface area (TPSA) is 61.9 Å². The molecule has 0 bridgehead atoms. The maximum atomic E-state index is 13.3. The van der Waals surface area contributed by atoms with Gasteiger partial charge in [-0.25, -0.2) is 4.79 Å². The third-order valence-corrected chi connectivity index (χ3v) is 6.28. The highest BCUT2D eigenvalue weighted by Crippen LogP contribution is 2.34. The Kier molecular flexibility index (Phi) is 7.74. The average Bonchev–Trinajstić information content (AvgIpc) is 3.23. The Hall–Kier alpha value is -2.54. The predicted octanol–water partition coefficient (Wildman–Crippen LogP) is 4.08. The third-order valence-electron chi connectivity index (χ3n) is 5.28. The number of hydrogen-bond donors (Lipinski definition) is 1. The lowest BCUT2D eigenvalue weighted by Gasteiger charge is -2.37. The molecule has 1 atom stereocenters. The van der Waals surface area contributed by atoms with Crippen molar-refractivity contribution in [1.82, 2.24) is 15.1 Å². The molecule has 0 fully saturated rings. The fourth-order valence-electron chi connectivity index (χ4n) is 3.63. The third kappa shape index (κ3) is 5.33. The minimum Gasteiger partial charge on any atom is -0.491 e. The van der Waals surface area contributed by atoms with Gasteiger partial charge in [0.25, 0.3) is 0 Å². The fourth-order valence-corrected chi connectivity index (χ4v) is 4.55. The number of amides is 3. The Balaban J connectivity index is 1.74. The molecule has 162 valence electrons. The van der Waals surface area contributed by atoms with Crippen LogP contribution in [0.1, 0.15) is 43.7 Å². The van der Waals surface area contributed by atoms with Gasteiger partial charge in [-0.3, -0.25) is 4.79 Å². The summed E-state index contributed by atoms with van der Waals surface area (Å²) in [6, 6.07) is 11.3. The van der Waals surface area contributed by atoms with Crippen LogP contribution in [0.5, 0.6) is 5.75 Å². The van der Waals surface area contributed by atoms with Gasteiger partial charge in [0.05, 0.1) is 6.04 Å². The van der Waals surface area contributed by atoms with Crippen molar-refractivity contribution < 1.29 is 14.3 Å². The largest absolute Gasteiger partial charge is 0.491 e. The zero-order valence-corrected chi connectivity index (χ0v) is 18.8. The summed E-state index contributed by atoms with van der Waals surface area (Å²) in [5.74, 6) is 0.740. The summed E-state index contributed by atoms with van der Waals surface area (Å²) < 4.78 is 6.02. The number of rotatable bonds is 8. The number of ether oxygens (including phenoxy) is 1. The Bertz CT molecular complexity index is 837. The summed E-state index contributed by atoms with van der Waals surface area (Å²) in [5.41, 5.74) is 1.15. The minimum atomic E-state index is -0.189. The lowest BCUT2D eigenvalue weighted by atomic mass is 10.0. The predicted molar refractivity (Wildman–Crippen MR) is 120 cm³/mol. The van der Waals surface area contributed by atoms with Crippen LogP contribution in [0.4, 0.5) is 4.79 Å². The lowest BCUT2D eigenvalue weighted by molar-refractivity contribution is -0.135. The van der Waals surface area contributed by atoms with Gasteiger partial charge in [-0.05, 0) is 55.8 Å². The van der Waals surface area contributed by atoms with E-state index in [4.69, 9.17) is 4.74 Å². The van der Waals surface area contributed by atoms with E-state index in [9.17, 15) is 9.59 Å². The van der Waals surface area contributed by atoms with Crippen LogP contribution in [-0.4, -0.2) is 54.0 Å². The molecule has 0 spiro atoms. The summed E-state index contributed by atoms with van der Waals surface area (Å²) in [5, 5.41) is 4.96. The first-order valence-corrected chi connectivity index (χ1v) is 11.5. The number of benzene rings is 1. The van der Waals surface area contributed by atoms with Crippen LogP contribution in [0.25, 0.3) is 0 Å². The van der Waals surface area contributed by atoms with E-state index in [1.165, 1.54) is 4.88 Å². The van der Waals surface area contributed by atoms with Gasteiger partial charge < -0.3 is 19.9 Å². The monoisotopic (exact) mass is 429 g/mol. The molecule has 0 saturated carbocycles. The van der Waals surface area contributed by atoms with Crippen molar-refractivity contribution in [1.29, 1.82) is 0 Å². The Morgan fingerprint density at radius 3 is 2.73 bits per heavy atom. The molecule has 2 heterocycles. The number of hydrogen-bond acceptors (Lipinski definition) is 4. The second-order valence-corrected chi connectivity index (χ2v) is 8.73. The zero-order valence-electron chi connectivity index (χ0n) is 18.0. The quantitative estimate of drug-likeness (QED) is 0.688. The van der Waals surface area contributed by atoms with Crippen molar-refractivity contribution >= 4 is 23.3 Å². The van der Waals surface area contributed by atoms with Crippen LogP contribution >= 0.6 is 11.3 Å². The number of nitrogens with one attached hydrogen (secondary N) is 1. The molecular weight excluding hydrogens is 398 g/mol. The smallest absolute Gasteiger partial charge is 0.318 e. The molecular formula is C23H31N3O3S. The van der Waals surface area contributed by atoms with E-state index in [0.717, 1.165) is 24.2 Å². The second-order valence-electron chi connectivity index (χ2n) is 7.73. The van der Waals surface area contributed by atoms with Crippen LogP contribution in [-0.2, 0) is 11.2 Å². The van der Waals surface area contributed by atoms with E-state index in [1.54, 1.807) is 16.2 Å². The summed E-state index contributed by atoms with van der Waals surface area (Å²) >= 11 is 1.73. The van der Waals surface area contributed by atoms with Gasteiger partial charge in [-0.1, -0.05) is 25.1 Å². The first-order chi connectivity index (χ1) is 14.5. The molecule has 1 aliphatic rings. The lowest BCUT2D eigenvalue weighted by Crippen LogP contribution is -2.51. The Labute approximate surface area is 182 Å². The molecule has 2 aromatic rings. The van der Waals surface area contributed by atoms with E-state index >= 15 is 0 Å². The number of thiophene rings is 1. The molecule has 3 rings (SSSR count). The zero-order chi connectivity index (χ0) is 21.5. The van der Waals surface area contributed by atoms with Gasteiger partial charge in [-0.15, -0.1) is 11.3 Å². The van der Waals surface area contributed by atoms with Crippen molar-refractivity contribution in [3.8, 4) is 5.75 Å². The van der Waals surface area contributed by atoms with E-state index in [2.05, 4.69) is 16.8 Å². The SMILES string of the molecule is CCCNC(=O)N(CC(=O)N1CCc2sccc2C1COc1ccccc1)C(C)C. The maximum absolute atomic E-state index is 13.3. The second kappa shape index (κ2) is 10.5. The van der Waals surface area contributed by atoms with Crippen molar-refractivity contribution in [2.24, 2.45) is 0 Å². The van der Waals surface area contributed by atoms with Crippen molar-refractivity contribution in [2.45, 2.75) is 45.7 Å². The first kappa shape index (κ1) is 22.2.